The number of piperidine rings is 1. The maximum atomic E-state index is 13.9. The molecule has 2 aromatic rings. The predicted octanol–water partition coefficient (Wildman–Crippen LogP) is 5.73. The van der Waals surface area contributed by atoms with Crippen molar-refractivity contribution in [3.05, 3.63) is 70.3 Å². The van der Waals surface area contributed by atoms with Crippen LogP contribution in [0.5, 0.6) is 0 Å². The summed E-state index contributed by atoms with van der Waals surface area (Å²) in [6.45, 7) is 4.27. The number of carbonyl (C=O) groups excluding carboxylic acids is 1. The molecule has 3 aliphatic heterocycles. The zero-order valence-corrected chi connectivity index (χ0v) is 21.5. The second-order valence-electron chi connectivity index (χ2n) is 11.8. The maximum absolute atomic E-state index is 13.9. The van der Waals surface area contributed by atoms with Crippen molar-refractivity contribution >= 4 is 11.9 Å². The van der Waals surface area contributed by atoms with Crippen molar-refractivity contribution in [1.29, 1.82) is 0 Å². The Morgan fingerprint density at radius 2 is 1.82 bits per heavy atom. The number of likely N-dealkylation sites (tertiary alicyclic amines) is 1. The summed E-state index contributed by atoms with van der Waals surface area (Å²) < 4.78 is 39.9. The van der Waals surface area contributed by atoms with Gasteiger partial charge in [0, 0.05) is 18.6 Å². The van der Waals surface area contributed by atoms with E-state index in [1.165, 1.54) is 12.1 Å². The van der Waals surface area contributed by atoms with Crippen LogP contribution in [0.4, 0.5) is 13.2 Å². The van der Waals surface area contributed by atoms with Gasteiger partial charge >= 0.3 is 12.1 Å². The predicted molar refractivity (Wildman–Crippen MR) is 136 cm³/mol. The minimum absolute atomic E-state index is 0.0396. The zero-order valence-electron chi connectivity index (χ0n) is 21.5. The summed E-state index contributed by atoms with van der Waals surface area (Å²) in [7, 11) is 0. The number of alkyl halides is 3. The fourth-order valence-electron chi connectivity index (χ4n) is 7.79. The topological polar surface area (TPSA) is 60.9 Å². The lowest BCUT2D eigenvalue weighted by Crippen LogP contribution is -2.42. The number of hydrogen-bond acceptors (Lipinski definition) is 3. The first-order valence-corrected chi connectivity index (χ1v) is 13.6. The van der Waals surface area contributed by atoms with Crippen LogP contribution in [0.25, 0.3) is 0 Å². The van der Waals surface area contributed by atoms with Crippen LogP contribution >= 0.6 is 0 Å². The molecule has 5 nitrogen and oxygen atoms in total. The van der Waals surface area contributed by atoms with Crippen molar-refractivity contribution in [1.82, 2.24) is 9.80 Å². The van der Waals surface area contributed by atoms with Gasteiger partial charge in [0.1, 0.15) is 0 Å². The van der Waals surface area contributed by atoms with Gasteiger partial charge in [0.15, 0.2) is 0 Å². The van der Waals surface area contributed by atoms with E-state index < -0.39 is 23.1 Å². The van der Waals surface area contributed by atoms with Gasteiger partial charge in [0.25, 0.3) is 0 Å². The van der Waals surface area contributed by atoms with E-state index in [4.69, 9.17) is 0 Å². The zero-order chi connectivity index (χ0) is 26.8. The average molecular weight is 527 g/mol. The van der Waals surface area contributed by atoms with Gasteiger partial charge < -0.3 is 14.9 Å². The summed E-state index contributed by atoms with van der Waals surface area (Å²) in [5.41, 5.74) is 1.87. The minimum atomic E-state index is -4.39. The number of rotatable bonds is 3. The molecule has 0 aromatic heterocycles. The molecule has 0 radical (unpaired) electrons. The molecule has 1 saturated carbocycles. The molecule has 3 heterocycles. The Balaban J connectivity index is 1.13. The summed E-state index contributed by atoms with van der Waals surface area (Å²) in [6.07, 6.45) is 0.747. The van der Waals surface area contributed by atoms with Crippen LogP contribution in [0.15, 0.2) is 42.5 Å². The van der Waals surface area contributed by atoms with Gasteiger partial charge in [-0.1, -0.05) is 25.1 Å². The standard InChI is InChI=1S/C30H33F3N2O3/c1-18-26-15-21-5-6-24(30(31,32)33)14-23(21)17-35(26)28(38)29(18)10-7-25(16-29)34-11-8-19(9-12-34)20-3-2-4-22(13-20)27(36)37/h2-6,13-14,18-19,25-26H,7-12,15-17H2,1H3,(H,36,37)/t18?,25-,26?,29-/m0/s1. The molecule has 3 fully saturated rings. The van der Waals surface area contributed by atoms with Crippen LogP contribution in [0.3, 0.4) is 0 Å². The second kappa shape index (κ2) is 9.11. The Morgan fingerprint density at radius 3 is 2.53 bits per heavy atom. The Labute approximate surface area is 220 Å². The van der Waals surface area contributed by atoms with E-state index in [2.05, 4.69) is 11.8 Å². The lowest BCUT2D eigenvalue weighted by Gasteiger charge is -2.37. The van der Waals surface area contributed by atoms with Crippen molar-refractivity contribution in [2.45, 2.75) is 76.2 Å². The van der Waals surface area contributed by atoms with Gasteiger partial charge in [0.2, 0.25) is 5.91 Å². The van der Waals surface area contributed by atoms with Gasteiger partial charge in [-0.3, -0.25) is 4.79 Å². The second-order valence-corrected chi connectivity index (χ2v) is 11.8. The summed E-state index contributed by atoms with van der Waals surface area (Å²) in [5.74, 6) is -0.286. The van der Waals surface area contributed by atoms with Gasteiger partial charge in [0.05, 0.1) is 16.5 Å². The molecule has 1 aliphatic carbocycles. The highest BCUT2D eigenvalue weighted by atomic mass is 19.4. The normalized spacial score (nSPS) is 30.1. The Bertz CT molecular complexity index is 1270. The van der Waals surface area contributed by atoms with Crippen molar-refractivity contribution in [2.24, 2.45) is 11.3 Å². The van der Waals surface area contributed by atoms with E-state index in [1.807, 2.05) is 17.0 Å². The lowest BCUT2D eigenvalue weighted by molar-refractivity contribution is -0.138. The van der Waals surface area contributed by atoms with Crippen molar-refractivity contribution in [2.75, 3.05) is 13.1 Å². The third-order valence-electron chi connectivity index (χ3n) is 10.0. The van der Waals surface area contributed by atoms with E-state index in [-0.39, 0.29) is 24.4 Å². The largest absolute Gasteiger partial charge is 0.478 e. The van der Waals surface area contributed by atoms with E-state index in [9.17, 15) is 27.9 Å². The average Bonchev–Trinajstić information content (AvgIpc) is 3.44. The van der Waals surface area contributed by atoms with Crippen LogP contribution in [-0.2, 0) is 23.9 Å². The quantitative estimate of drug-likeness (QED) is 0.556. The minimum Gasteiger partial charge on any atom is -0.478 e. The number of aromatic carboxylic acids is 1. The van der Waals surface area contributed by atoms with Crippen LogP contribution < -0.4 is 0 Å². The molecular formula is C30H33F3N2O3. The third-order valence-corrected chi connectivity index (χ3v) is 10.0. The third kappa shape index (κ3) is 4.12. The fraction of sp³-hybridized carbons (Fsp3) is 0.533. The van der Waals surface area contributed by atoms with E-state index in [0.29, 0.717) is 29.5 Å². The molecule has 4 aliphatic rings. The highest BCUT2D eigenvalue weighted by molar-refractivity contribution is 5.88. The summed E-state index contributed by atoms with van der Waals surface area (Å²) in [4.78, 5) is 29.6. The lowest BCUT2D eigenvalue weighted by atomic mass is 9.73. The number of carboxylic acid groups (broad SMARTS) is 1. The number of amides is 1. The molecule has 1 spiro atoms. The smallest absolute Gasteiger partial charge is 0.416 e. The monoisotopic (exact) mass is 526 g/mol. The summed E-state index contributed by atoms with van der Waals surface area (Å²) >= 11 is 0. The van der Waals surface area contributed by atoms with Gasteiger partial charge in [-0.05, 0) is 104 Å². The van der Waals surface area contributed by atoms with Gasteiger partial charge in [-0.15, -0.1) is 0 Å². The number of carbonyl (C=O) groups is 2. The van der Waals surface area contributed by atoms with Crippen LogP contribution in [0.1, 0.15) is 77.6 Å². The van der Waals surface area contributed by atoms with Gasteiger partial charge in [-0.25, -0.2) is 4.79 Å². The molecular weight excluding hydrogens is 493 g/mol. The molecule has 1 N–H and O–H groups in total. The van der Waals surface area contributed by atoms with Crippen LogP contribution in [0.2, 0.25) is 0 Å². The Kier molecular flexibility index (Phi) is 6.09. The van der Waals surface area contributed by atoms with Crippen LogP contribution in [-0.4, -0.2) is 52.0 Å². The first-order valence-electron chi connectivity index (χ1n) is 13.6. The number of benzene rings is 2. The first kappa shape index (κ1) is 25.4. The first-order chi connectivity index (χ1) is 18.1. The highest BCUT2D eigenvalue weighted by Crippen LogP contribution is 2.55. The number of hydrogen-bond donors (Lipinski definition) is 1. The molecule has 4 atom stereocenters. The molecule has 2 saturated heterocycles. The molecule has 202 valence electrons. The number of nitrogens with zero attached hydrogens (tertiary/aromatic N) is 2. The molecule has 6 rings (SSSR count). The Morgan fingerprint density at radius 1 is 1.05 bits per heavy atom. The van der Waals surface area contributed by atoms with E-state index >= 15 is 0 Å². The van der Waals surface area contributed by atoms with Crippen molar-refractivity contribution in [3.63, 3.8) is 0 Å². The van der Waals surface area contributed by atoms with E-state index in [0.717, 1.165) is 56.3 Å². The molecule has 1 amide bonds. The molecule has 38 heavy (non-hydrogen) atoms. The van der Waals surface area contributed by atoms with Crippen molar-refractivity contribution < 1.29 is 27.9 Å². The fourth-order valence-corrected chi connectivity index (χ4v) is 7.79. The Hall–Kier alpha value is -2.87. The van der Waals surface area contributed by atoms with E-state index in [1.54, 1.807) is 18.2 Å². The number of halogens is 3. The summed E-state index contributed by atoms with van der Waals surface area (Å²) in [5, 5.41) is 9.32. The summed E-state index contributed by atoms with van der Waals surface area (Å²) in [6, 6.07) is 11.6. The molecule has 2 aromatic carbocycles. The van der Waals surface area contributed by atoms with Crippen LogP contribution in [0, 0.1) is 11.3 Å². The van der Waals surface area contributed by atoms with Crippen molar-refractivity contribution in [3.8, 4) is 0 Å². The van der Waals surface area contributed by atoms with Gasteiger partial charge in [-0.2, -0.15) is 13.2 Å². The highest BCUT2D eigenvalue weighted by Gasteiger charge is 2.60. The molecule has 2 unspecified atom stereocenters. The number of fused-ring (bicyclic) bond motifs is 2. The number of carboxylic acids is 1. The molecule has 0 bridgehead atoms. The SMILES string of the molecule is CC1C2Cc3ccc(C(F)(F)F)cc3CN2C(=O)[C@]12CC[C@H](N1CCC(c3cccc(C(=O)O)c3)CC1)C2. The maximum Gasteiger partial charge on any atom is 0.416 e. The molecule has 8 heteroatoms.